The van der Waals surface area contributed by atoms with Crippen molar-refractivity contribution in [1.29, 1.82) is 0 Å². The minimum absolute atomic E-state index is 0.171. The first kappa shape index (κ1) is 11.8. The number of urea groups is 1. The molecule has 1 aliphatic carbocycles. The lowest BCUT2D eigenvalue weighted by atomic mass is 9.82. The van der Waals surface area contributed by atoms with E-state index < -0.39 is 5.97 Å². The summed E-state index contributed by atoms with van der Waals surface area (Å²) in [5.74, 6) is -0.438. The van der Waals surface area contributed by atoms with Crippen molar-refractivity contribution in [2.75, 3.05) is 13.6 Å². The minimum Gasteiger partial charge on any atom is -0.481 e. The molecule has 0 aromatic heterocycles. The van der Waals surface area contributed by atoms with E-state index in [1.807, 2.05) is 0 Å². The van der Waals surface area contributed by atoms with Crippen molar-refractivity contribution >= 4 is 12.0 Å². The Kier molecular flexibility index (Phi) is 4.39. The van der Waals surface area contributed by atoms with Gasteiger partial charge in [-0.25, -0.2) is 4.79 Å². The highest BCUT2D eigenvalue weighted by Crippen LogP contribution is 2.28. The highest BCUT2D eigenvalue weighted by Gasteiger charge is 2.25. The second-order valence-electron chi connectivity index (χ2n) is 4.02. The molecular weight excluding hydrogens is 196 g/mol. The first-order valence-electron chi connectivity index (χ1n) is 5.32. The quantitative estimate of drug-likeness (QED) is 0.650. The topological polar surface area (TPSA) is 78.4 Å². The van der Waals surface area contributed by atoms with Gasteiger partial charge < -0.3 is 15.7 Å². The molecule has 0 bridgehead atoms. The molecule has 1 fully saturated rings. The molecule has 0 spiro atoms. The lowest BCUT2D eigenvalue weighted by molar-refractivity contribution is -0.143. The molecule has 15 heavy (non-hydrogen) atoms. The van der Waals surface area contributed by atoms with Gasteiger partial charge in [0.1, 0.15) is 0 Å². The first-order chi connectivity index (χ1) is 7.13. The largest absolute Gasteiger partial charge is 0.481 e. The van der Waals surface area contributed by atoms with Gasteiger partial charge in [0, 0.05) is 13.6 Å². The van der Waals surface area contributed by atoms with Crippen LogP contribution in [0.4, 0.5) is 4.79 Å². The second-order valence-corrected chi connectivity index (χ2v) is 4.02. The molecular formula is C10H18N2O3. The van der Waals surface area contributed by atoms with E-state index in [0.717, 1.165) is 25.7 Å². The first-order valence-corrected chi connectivity index (χ1v) is 5.32. The fourth-order valence-corrected chi connectivity index (χ4v) is 1.94. The average Bonchev–Trinajstić information content (AvgIpc) is 2.26. The Morgan fingerprint density at radius 2 is 1.87 bits per heavy atom. The molecule has 0 aliphatic heterocycles. The van der Waals surface area contributed by atoms with Crippen LogP contribution in [0, 0.1) is 11.8 Å². The third-order valence-electron chi connectivity index (χ3n) is 2.97. The van der Waals surface area contributed by atoms with Crippen LogP contribution in [0.3, 0.4) is 0 Å². The van der Waals surface area contributed by atoms with E-state index in [-0.39, 0.29) is 11.9 Å². The fraction of sp³-hybridized carbons (Fsp3) is 0.800. The molecule has 2 amide bonds. The van der Waals surface area contributed by atoms with E-state index in [9.17, 15) is 9.59 Å². The van der Waals surface area contributed by atoms with Crippen LogP contribution in [0.2, 0.25) is 0 Å². The van der Waals surface area contributed by atoms with E-state index in [2.05, 4.69) is 10.6 Å². The van der Waals surface area contributed by atoms with Crippen molar-refractivity contribution in [2.24, 2.45) is 11.8 Å². The molecule has 5 heteroatoms. The van der Waals surface area contributed by atoms with E-state index in [1.165, 1.54) is 0 Å². The summed E-state index contributed by atoms with van der Waals surface area (Å²) in [6.07, 6.45) is 3.24. The van der Waals surface area contributed by atoms with E-state index in [4.69, 9.17) is 5.11 Å². The highest BCUT2D eigenvalue weighted by atomic mass is 16.4. The van der Waals surface area contributed by atoms with Crippen LogP contribution in [0.25, 0.3) is 0 Å². The summed E-state index contributed by atoms with van der Waals surface area (Å²) in [7, 11) is 1.58. The maximum atomic E-state index is 10.9. The normalized spacial score (nSPS) is 25.7. The Balaban J connectivity index is 2.20. The molecule has 0 aromatic rings. The number of carboxylic acids is 1. The monoisotopic (exact) mass is 214 g/mol. The van der Waals surface area contributed by atoms with Gasteiger partial charge in [0.25, 0.3) is 0 Å². The zero-order valence-corrected chi connectivity index (χ0v) is 8.95. The standard InChI is InChI=1S/C10H18N2O3/c1-11-10(15)12-6-7-2-4-8(5-3-7)9(13)14/h7-8H,2-6H2,1H3,(H,13,14)(H2,11,12,15). The van der Waals surface area contributed by atoms with Crippen LogP contribution < -0.4 is 10.6 Å². The van der Waals surface area contributed by atoms with Crippen LogP contribution in [0.15, 0.2) is 0 Å². The van der Waals surface area contributed by atoms with Crippen LogP contribution in [0.5, 0.6) is 0 Å². The molecule has 0 saturated heterocycles. The summed E-state index contributed by atoms with van der Waals surface area (Å²) in [5.41, 5.74) is 0. The van der Waals surface area contributed by atoms with Gasteiger partial charge in [0.15, 0.2) is 0 Å². The summed E-state index contributed by atoms with van der Waals surface area (Å²) < 4.78 is 0. The number of amides is 2. The highest BCUT2D eigenvalue weighted by molar-refractivity contribution is 5.73. The van der Waals surface area contributed by atoms with Gasteiger partial charge in [-0.3, -0.25) is 4.79 Å². The van der Waals surface area contributed by atoms with Gasteiger partial charge in [-0.15, -0.1) is 0 Å². The SMILES string of the molecule is CNC(=O)NCC1CCC(C(=O)O)CC1. The zero-order valence-electron chi connectivity index (χ0n) is 8.95. The Morgan fingerprint density at radius 1 is 1.27 bits per heavy atom. The van der Waals surface area contributed by atoms with Crippen molar-refractivity contribution in [3.63, 3.8) is 0 Å². The number of nitrogens with one attached hydrogen (secondary N) is 2. The third-order valence-corrected chi connectivity index (χ3v) is 2.97. The van der Waals surface area contributed by atoms with E-state index in [1.54, 1.807) is 7.05 Å². The summed E-state index contributed by atoms with van der Waals surface area (Å²) in [6.45, 7) is 0.645. The molecule has 1 rings (SSSR count). The maximum absolute atomic E-state index is 10.9. The molecule has 0 atom stereocenters. The summed E-state index contributed by atoms with van der Waals surface area (Å²) in [6, 6.07) is -0.171. The molecule has 3 N–H and O–H groups in total. The fourth-order valence-electron chi connectivity index (χ4n) is 1.94. The lowest BCUT2D eigenvalue weighted by Gasteiger charge is -2.26. The van der Waals surface area contributed by atoms with Gasteiger partial charge in [0.05, 0.1) is 5.92 Å². The predicted octanol–water partition coefficient (Wildman–Crippen LogP) is 0.806. The minimum atomic E-state index is -0.687. The van der Waals surface area contributed by atoms with Crippen molar-refractivity contribution < 1.29 is 14.7 Å². The Bertz CT molecular complexity index is 235. The molecule has 0 radical (unpaired) electrons. The van der Waals surface area contributed by atoms with Crippen LogP contribution in [0.1, 0.15) is 25.7 Å². The Labute approximate surface area is 89.2 Å². The number of aliphatic carboxylic acids is 1. The summed E-state index contributed by atoms with van der Waals surface area (Å²) in [4.78, 5) is 21.6. The number of rotatable bonds is 3. The van der Waals surface area contributed by atoms with Crippen molar-refractivity contribution in [2.45, 2.75) is 25.7 Å². The number of hydrogen-bond donors (Lipinski definition) is 3. The molecule has 1 aliphatic rings. The summed E-state index contributed by atoms with van der Waals surface area (Å²) >= 11 is 0. The Morgan fingerprint density at radius 3 is 2.33 bits per heavy atom. The lowest BCUT2D eigenvalue weighted by Crippen LogP contribution is -2.37. The number of hydrogen-bond acceptors (Lipinski definition) is 2. The van der Waals surface area contributed by atoms with Gasteiger partial charge in [-0.2, -0.15) is 0 Å². The van der Waals surface area contributed by atoms with E-state index >= 15 is 0 Å². The van der Waals surface area contributed by atoms with Crippen LogP contribution in [-0.2, 0) is 4.79 Å². The van der Waals surface area contributed by atoms with Gasteiger partial charge in [-0.05, 0) is 31.6 Å². The number of carbonyl (C=O) groups excluding carboxylic acids is 1. The zero-order chi connectivity index (χ0) is 11.3. The maximum Gasteiger partial charge on any atom is 0.314 e. The van der Waals surface area contributed by atoms with Crippen LogP contribution >= 0.6 is 0 Å². The molecule has 86 valence electrons. The molecule has 5 nitrogen and oxygen atoms in total. The van der Waals surface area contributed by atoms with Crippen molar-refractivity contribution in [3.8, 4) is 0 Å². The van der Waals surface area contributed by atoms with Gasteiger partial charge in [-0.1, -0.05) is 0 Å². The number of carboxylic acid groups (broad SMARTS) is 1. The number of carbonyl (C=O) groups is 2. The van der Waals surface area contributed by atoms with Crippen molar-refractivity contribution in [3.05, 3.63) is 0 Å². The van der Waals surface area contributed by atoms with Gasteiger partial charge >= 0.3 is 12.0 Å². The van der Waals surface area contributed by atoms with E-state index in [0.29, 0.717) is 12.5 Å². The molecule has 1 saturated carbocycles. The third kappa shape index (κ3) is 3.77. The van der Waals surface area contributed by atoms with Crippen molar-refractivity contribution in [1.82, 2.24) is 10.6 Å². The molecule has 0 unspecified atom stereocenters. The smallest absolute Gasteiger partial charge is 0.314 e. The molecule has 0 heterocycles. The predicted molar refractivity (Wildman–Crippen MR) is 55.5 cm³/mol. The summed E-state index contributed by atoms with van der Waals surface area (Å²) in [5, 5.41) is 14.0. The second kappa shape index (κ2) is 5.58. The van der Waals surface area contributed by atoms with Crippen LogP contribution in [-0.4, -0.2) is 30.7 Å². The Hall–Kier alpha value is -1.26. The average molecular weight is 214 g/mol. The molecule has 0 aromatic carbocycles. The van der Waals surface area contributed by atoms with Gasteiger partial charge in [0.2, 0.25) is 0 Å².